The van der Waals surface area contributed by atoms with Crippen LogP contribution in [0.25, 0.3) is 0 Å². The Labute approximate surface area is 509 Å². The Morgan fingerprint density at radius 3 is 1.34 bits per heavy atom. The minimum Gasteiger partial charge on any atom is -0.390 e. The van der Waals surface area contributed by atoms with Crippen LogP contribution in [0.15, 0.2) is 53.0 Å². The van der Waals surface area contributed by atoms with Crippen LogP contribution in [0.4, 0.5) is 11.4 Å². The number of rotatable bonds is 6. The normalized spacial score (nSPS) is 38.8. The molecule has 2 aromatic rings. The van der Waals surface area contributed by atoms with E-state index in [4.69, 9.17) is 9.57 Å². The van der Waals surface area contributed by atoms with E-state index in [9.17, 15) is 19.8 Å². The van der Waals surface area contributed by atoms with E-state index < -0.39 is 11.2 Å². The van der Waals surface area contributed by atoms with Gasteiger partial charge in [-0.3, -0.25) is 14.4 Å². The molecule has 11 rings (SSSR count). The third-order valence-corrected chi connectivity index (χ3v) is 23.5. The van der Waals surface area contributed by atoms with Gasteiger partial charge in [-0.05, 0) is 260 Å². The molecule has 1 aliphatic heterocycles. The molecular weight excluding hydrogens is 1050 g/mol. The molecule has 1 heterocycles. The molecule has 2 N–H and O–H groups in total. The van der Waals surface area contributed by atoms with Crippen molar-refractivity contribution in [2.24, 2.45) is 80.8 Å². The van der Waals surface area contributed by atoms with Gasteiger partial charge in [-0.15, -0.1) is 0 Å². The topological polar surface area (TPSA) is 103 Å². The van der Waals surface area contributed by atoms with Crippen molar-refractivity contribution in [3.8, 4) is 0 Å². The number of nitrogens with zero attached hydrogens (tertiary/aromatic N) is 3. The fraction of sp³-hybridized carbons (Fsp3) is 0.783. The zero-order chi connectivity index (χ0) is 57.2. The Balaban J connectivity index is 0.000000219. The molecule has 0 spiro atoms. The number of amides is 1. The molecule has 2 aromatic carbocycles. The molecular formula is C69H113BrLiN3O6. The van der Waals surface area contributed by atoms with Crippen molar-refractivity contribution in [1.82, 2.24) is 5.06 Å². The second-order valence-corrected chi connectivity index (χ2v) is 30.0. The van der Waals surface area contributed by atoms with Gasteiger partial charge < -0.3 is 30.7 Å². The zero-order valence-corrected chi connectivity index (χ0v) is 54.3. The summed E-state index contributed by atoms with van der Waals surface area (Å²) >= 11 is 3.38. The molecule has 8 aliphatic carbocycles. The van der Waals surface area contributed by atoms with Crippen LogP contribution < -0.4 is 28.7 Å². The number of ether oxygens (including phenoxy) is 1. The maximum atomic E-state index is 13.7. The van der Waals surface area contributed by atoms with Gasteiger partial charge in [0.2, 0.25) is 5.91 Å². The number of fused-ring (bicyclic) bond motifs is 10. The van der Waals surface area contributed by atoms with Gasteiger partial charge in [0.25, 0.3) is 0 Å². The molecule has 9 aliphatic rings. The van der Waals surface area contributed by atoms with Gasteiger partial charge in [-0.2, -0.15) is 20.8 Å². The molecule has 11 heteroatoms. The van der Waals surface area contributed by atoms with Crippen LogP contribution in [-0.2, 0) is 14.4 Å². The van der Waals surface area contributed by atoms with Crippen LogP contribution in [-0.4, -0.2) is 93.7 Å². The van der Waals surface area contributed by atoms with Crippen molar-refractivity contribution in [3.05, 3.63) is 64.5 Å². The molecule has 1 amide bonds. The number of halogens is 1. The molecule has 9 fully saturated rings. The number of benzene rings is 2. The fourth-order valence-corrected chi connectivity index (χ4v) is 18.6. The molecule has 0 aromatic heterocycles. The molecule has 80 heavy (non-hydrogen) atoms. The van der Waals surface area contributed by atoms with E-state index in [0.29, 0.717) is 40.3 Å². The monoisotopic (exact) mass is 1170 g/mol. The average Bonchev–Trinajstić information content (AvgIpc) is 4.00. The van der Waals surface area contributed by atoms with Crippen LogP contribution in [0, 0.1) is 86.8 Å². The smallest absolute Gasteiger partial charge is 0.390 e. The number of hydrogen-bond donors (Lipinski definition) is 2. The van der Waals surface area contributed by atoms with E-state index in [1.807, 2.05) is 59.4 Å². The van der Waals surface area contributed by atoms with E-state index in [2.05, 4.69) is 105 Å². The predicted octanol–water partition coefficient (Wildman–Crippen LogP) is 13.3. The van der Waals surface area contributed by atoms with Crippen LogP contribution >= 0.6 is 15.9 Å². The zero-order valence-electron chi connectivity index (χ0n) is 52.7. The van der Waals surface area contributed by atoms with Crippen molar-refractivity contribution < 1.29 is 48.2 Å². The summed E-state index contributed by atoms with van der Waals surface area (Å²) in [6.45, 7) is 22.3. The van der Waals surface area contributed by atoms with Crippen LogP contribution in [0.2, 0.25) is 0 Å². The number of Topliss-reactive ketones (excluding diaryl/α,β-unsaturated/α-hetero) is 1. The van der Waals surface area contributed by atoms with Crippen molar-refractivity contribution in [2.45, 2.75) is 209 Å². The summed E-state index contributed by atoms with van der Waals surface area (Å²) in [6.07, 6.45) is 23.3. The molecule has 16 atom stereocenters. The van der Waals surface area contributed by atoms with Crippen molar-refractivity contribution in [3.63, 3.8) is 0 Å². The SMILES string of the molecule is C.C1CCOC1.CN(C)c1ccc(Br)cc1.CN(C)c1ccc(C(=O)[C@H]2CC[C@H]3[C@@H]4CC[C@@H]5C[C@](C)(O)CC[C@]5(C)[C@H]4CC[C@]23C)cc1.CON(C)C(=O)[C@H]1CC[C@H]2[C@@H]3CC[C@@H]4C[C@](C)(O)CC[C@]4(C)[C@H]3CC[C@]12C.C[C-](C)C.[Li+]. The predicted molar refractivity (Wildman–Crippen MR) is 332 cm³/mol. The van der Waals surface area contributed by atoms with E-state index in [1.54, 1.807) is 14.2 Å². The summed E-state index contributed by atoms with van der Waals surface area (Å²) < 4.78 is 6.07. The van der Waals surface area contributed by atoms with Gasteiger partial charge in [0.15, 0.2) is 5.78 Å². The van der Waals surface area contributed by atoms with Crippen molar-refractivity contribution in [1.29, 1.82) is 0 Å². The van der Waals surface area contributed by atoms with Gasteiger partial charge in [0, 0.05) is 81.7 Å². The first kappa shape index (κ1) is 68.9. The number of hydrogen-bond acceptors (Lipinski definition) is 8. The minimum atomic E-state index is -0.465. The first-order valence-corrected chi connectivity index (χ1v) is 31.8. The van der Waals surface area contributed by atoms with Gasteiger partial charge >= 0.3 is 18.9 Å². The summed E-state index contributed by atoms with van der Waals surface area (Å²) in [6, 6.07) is 16.5. The van der Waals surface area contributed by atoms with E-state index in [1.165, 1.54) is 107 Å². The first-order valence-electron chi connectivity index (χ1n) is 31.0. The number of anilines is 2. The molecule has 0 bridgehead atoms. The third kappa shape index (κ3) is 15.0. The molecule has 0 radical (unpaired) electrons. The average molecular weight is 1170 g/mol. The van der Waals surface area contributed by atoms with Gasteiger partial charge in [-0.25, -0.2) is 5.06 Å². The molecule has 1 saturated heterocycles. The molecule has 0 unspecified atom stereocenters. The van der Waals surface area contributed by atoms with E-state index >= 15 is 0 Å². The number of carbonyl (C=O) groups is 2. The van der Waals surface area contributed by atoms with Gasteiger partial charge in [-0.1, -0.05) is 51.1 Å². The number of carbonyl (C=O) groups excluding carboxylic acids is 2. The third-order valence-electron chi connectivity index (χ3n) is 22.9. The number of hydroxylamine groups is 2. The van der Waals surface area contributed by atoms with Gasteiger partial charge in [0.05, 0.1) is 18.3 Å². The summed E-state index contributed by atoms with van der Waals surface area (Å²) in [4.78, 5) is 36.0. The Morgan fingerprint density at radius 1 is 0.562 bits per heavy atom. The molecule has 448 valence electrons. The van der Waals surface area contributed by atoms with E-state index in [0.717, 1.165) is 91.1 Å². The standard InChI is InChI=1S/C29H43NO2.C23H39NO3.C8H10BrN.C4H8O.C4H9.CH4.Li/c1-27(32)16-17-28(2)20(18-27)8-11-22-23-12-13-25(29(23,3)15-14-24(22)28)26(31)19-6-9-21(10-7-19)30(4)5;1-21(26)12-13-22(2)15(14-21)6-7-16-17-8-9-19(20(25)24(4)27-5)23(17,3)11-10-18(16)22;1-10(2)8-5-3-7(9)4-6-8;1-2-4-5-3-1;1-4(2)3;;/h6-7,9-10,20,22-25,32H,8,11-18H2,1-5H3;15-19,26H,6-14H2,1-5H3;3-6H,1-2H3;1-4H2;1-3H3;1H4;/q;;;;-1;;+1/t20-,22+,23+,24+,25-,27-,28+,29+;15-,16+,17+,18+,19-,21-,22+,23+;;;;;/m11...../s1. The van der Waals surface area contributed by atoms with Crippen LogP contribution in [0.1, 0.15) is 209 Å². The fourth-order valence-electron chi connectivity index (χ4n) is 18.4. The first-order chi connectivity index (χ1) is 36.6. The molecule has 9 nitrogen and oxygen atoms in total. The summed E-state index contributed by atoms with van der Waals surface area (Å²) in [5.74, 6) is 8.07. The second kappa shape index (κ2) is 28.1. The summed E-state index contributed by atoms with van der Waals surface area (Å²) in [5.41, 5.74) is 3.40. The Kier molecular flexibility index (Phi) is 24.2. The van der Waals surface area contributed by atoms with Crippen LogP contribution in [0.3, 0.4) is 0 Å². The number of ketones is 1. The van der Waals surface area contributed by atoms with Crippen LogP contribution in [0.5, 0.6) is 0 Å². The van der Waals surface area contributed by atoms with E-state index in [-0.39, 0.29) is 54.9 Å². The summed E-state index contributed by atoms with van der Waals surface area (Å²) in [5, 5.41) is 22.8. The van der Waals surface area contributed by atoms with Gasteiger partial charge in [0.1, 0.15) is 0 Å². The van der Waals surface area contributed by atoms with Crippen molar-refractivity contribution in [2.75, 3.05) is 65.4 Å². The summed E-state index contributed by atoms with van der Waals surface area (Å²) in [7, 11) is 11.5. The molecule has 8 saturated carbocycles. The van der Waals surface area contributed by atoms with Crippen molar-refractivity contribution >= 4 is 39.0 Å². The quantitative estimate of drug-likeness (QED) is 0.128. The maximum absolute atomic E-state index is 13.7. The Bertz CT molecular complexity index is 2260. The number of aliphatic hydroxyl groups is 2. The largest absolute Gasteiger partial charge is 1.00 e. The Hall–Kier alpha value is -1.90. The maximum Gasteiger partial charge on any atom is 1.00 e. The second-order valence-electron chi connectivity index (χ2n) is 29.1. The Morgan fingerprint density at radius 2 is 0.950 bits per heavy atom. The minimum absolute atomic E-state index is 0.